The summed E-state index contributed by atoms with van der Waals surface area (Å²) in [6.07, 6.45) is 1.26. The summed E-state index contributed by atoms with van der Waals surface area (Å²) < 4.78 is 0. The van der Waals surface area contributed by atoms with Crippen molar-refractivity contribution < 1.29 is 0 Å². The van der Waals surface area contributed by atoms with Crippen molar-refractivity contribution in [2.45, 2.75) is 0 Å². The molecule has 0 aliphatic carbocycles. The number of hydrogen-bond acceptors (Lipinski definition) is 4. The first-order valence-corrected chi connectivity index (χ1v) is 7.12. The van der Waals surface area contributed by atoms with Gasteiger partial charge in [0.15, 0.2) is 0 Å². The molecule has 4 rings (SSSR count). The third kappa shape index (κ3) is 2.26. The quantitative estimate of drug-likeness (QED) is 0.438. The second-order valence-corrected chi connectivity index (χ2v) is 5.25. The summed E-state index contributed by atoms with van der Waals surface area (Å²) >= 11 is 0. The molecule has 0 saturated heterocycles. The van der Waals surface area contributed by atoms with E-state index in [0.717, 1.165) is 10.9 Å². The summed E-state index contributed by atoms with van der Waals surface area (Å²) in [5.74, 6) is 0. The molecule has 4 N–H and O–H groups in total. The van der Waals surface area contributed by atoms with Crippen molar-refractivity contribution in [3.05, 3.63) is 73.8 Å². The third-order valence-electron chi connectivity index (χ3n) is 3.72. The Morgan fingerprint density at radius 3 is 2.50 bits per heavy atom. The van der Waals surface area contributed by atoms with Crippen LogP contribution in [0.3, 0.4) is 0 Å². The Kier molecular flexibility index (Phi) is 3.02. The van der Waals surface area contributed by atoms with Crippen LogP contribution in [0.5, 0.6) is 0 Å². The second kappa shape index (κ2) is 5.20. The molecule has 0 spiro atoms. The van der Waals surface area contributed by atoms with Crippen LogP contribution in [0.25, 0.3) is 33.4 Å². The zero-order valence-electron chi connectivity index (χ0n) is 12.2. The Morgan fingerprint density at radius 2 is 1.71 bits per heavy atom. The maximum atomic E-state index is 12.1. The second-order valence-electron chi connectivity index (χ2n) is 5.25. The number of nitrogens with one attached hydrogen (secondary N) is 4. The Morgan fingerprint density at radius 1 is 0.875 bits per heavy atom. The lowest BCUT2D eigenvalue weighted by molar-refractivity contribution is 0.978. The fraction of sp³-hybridized carbons (Fsp3) is 0. The van der Waals surface area contributed by atoms with Gasteiger partial charge in [-0.15, -0.1) is 0 Å². The number of benzene rings is 1. The molecule has 0 aliphatic heterocycles. The maximum Gasteiger partial charge on any atom is 0.325 e. The van der Waals surface area contributed by atoms with E-state index in [1.54, 1.807) is 0 Å². The molecule has 0 atom stereocenters. The minimum Gasteiger partial charge on any atom is -0.354 e. The Hall–Kier alpha value is -3.68. The van der Waals surface area contributed by atoms with E-state index in [-0.39, 0.29) is 16.8 Å². The third-order valence-corrected chi connectivity index (χ3v) is 3.72. The van der Waals surface area contributed by atoms with E-state index >= 15 is 0 Å². The first-order chi connectivity index (χ1) is 11.6. The number of hydrogen-bond donors (Lipinski definition) is 4. The molecule has 24 heavy (non-hydrogen) atoms. The summed E-state index contributed by atoms with van der Waals surface area (Å²) in [5.41, 5.74) is 0.691. The monoisotopic (exact) mass is 321 g/mol. The first kappa shape index (κ1) is 13.9. The lowest BCUT2D eigenvalue weighted by atomic mass is 10.1. The summed E-state index contributed by atoms with van der Waals surface area (Å²) in [5, 5.41) is 7.23. The van der Waals surface area contributed by atoms with Gasteiger partial charge in [0.1, 0.15) is 0 Å². The van der Waals surface area contributed by atoms with Crippen LogP contribution in [-0.4, -0.2) is 25.1 Å². The van der Waals surface area contributed by atoms with E-state index in [1.807, 2.05) is 30.3 Å². The highest BCUT2D eigenvalue weighted by Crippen LogP contribution is 2.23. The van der Waals surface area contributed by atoms with Gasteiger partial charge in [0.25, 0.3) is 11.1 Å². The number of rotatable bonds is 2. The van der Waals surface area contributed by atoms with Crippen LogP contribution in [0.2, 0.25) is 0 Å². The maximum absolute atomic E-state index is 12.1. The summed E-state index contributed by atoms with van der Waals surface area (Å²) in [6, 6.07) is 11.0. The number of para-hydroxylation sites is 1. The van der Waals surface area contributed by atoms with Gasteiger partial charge in [-0.1, -0.05) is 18.2 Å². The molecule has 3 aromatic heterocycles. The van der Waals surface area contributed by atoms with Crippen LogP contribution in [0.15, 0.2) is 57.0 Å². The van der Waals surface area contributed by atoms with Crippen LogP contribution >= 0.6 is 0 Å². The first-order valence-electron chi connectivity index (χ1n) is 7.12. The largest absolute Gasteiger partial charge is 0.354 e. The molecule has 3 heterocycles. The van der Waals surface area contributed by atoms with E-state index in [4.69, 9.17) is 0 Å². The molecule has 0 fully saturated rings. The van der Waals surface area contributed by atoms with Gasteiger partial charge in [0.05, 0.1) is 22.5 Å². The Balaban J connectivity index is 1.92. The number of nitrogens with zero attached hydrogens (tertiary/aromatic N) is 1. The van der Waals surface area contributed by atoms with Gasteiger partial charge in [-0.05, 0) is 18.2 Å². The molecule has 118 valence electrons. The standard InChI is InChI=1S/C16H11N5O3/c22-14-10(7-17-16(24)19-14)13-6-9(15(23)21-20-13)12-5-8-3-1-2-4-11(8)18-12/h1-7,18H,(H,21,23)(H2,17,19,22,24). The molecule has 0 radical (unpaired) electrons. The number of aromatic nitrogens is 5. The van der Waals surface area contributed by atoms with E-state index in [0.29, 0.717) is 11.3 Å². The zero-order chi connectivity index (χ0) is 16.7. The predicted octanol–water partition coefficient (Wildman–Crippen LogP) is 0.962. The normalized spacial score (nSPS) is 11.0. The topological polar surface area (TPSA) is 127 Å². The molecule has 8 nitrogen and oxygen atoms in total. The van der Waals surface area contributed by atoms with Gasteiger partial charge in [0.2, 0.25) is 0 Å². The van der Waals surface area contributed by atoms with Gasteiger partial charge >= 0.3 is 5.69 Å². The molecule has 1 aromatic carbocycles. The van der Waals surface area contributed by atoms with Gasteiger partial charge in [-0.3, -0.25) is 14.6 Å². The Bertz CT molecular complexity index is 1200. The molecule has 0 bridgehead atoms. The molecular weight excluding hydrogens is 310 g/mol. The summed E-state index contributed by atoms with van der Waals surface area (Å²) in [6.45, 7) is 0. The van der Waals surface area contributed by atoms with Gasteiger partial charge < -0.3 is 9.97 Å². The molecule has 0 saturated carbocycles. The van der Waals surface area contributed by atoms with Crippen LogP contribution in [0, 0.1) is 0 Å². The van der Waals surface area contributed by atoms with Gasteiger partial charge in [-0.2, -0.15) is 5.10 Å². The fourth-order valence-electron chi connectivity index (χ4n) is 2.56. The highest BCUT2D eigenvalue weighted by Gasteiger charge is 2.12. The molecular formula is C16H11N5O3. The van der Waals surface area contributed by atoms with Crippen molar-refractivity contribution >= 4 is 10.9 Å². The lowest BCUT2D eigenvalue weighted by Gasteiger charge is -2.01. The van der Waals surface area contributed by atoms with Crippen molar-refractivity contribution in [1.29, 1.82) is 0 Å². The van der Waals surface area contributed by atoms with Crippen molar-refractivity contribution in [2.24, 2.45) is 0 Å². The highest BCUT2D eigenvalue weighted by atomic mass is 16.2. The van der Waals surface area contributed by atoms with E-state index in [1.165, 1.54) is 12.3 Å². The van der Waals surface area contributed by atoms with Crippen LogP contribution in [0.4, 0.5) is 0 Å². The molecule has 0 aliphatic rings. The lowest BCUT2D eigenvalue weighted by Crippen LogP contribution is -2.23. The highest BCUT2D eigenvalue weighted by molar-refractivity contribution is 5.86. The fourth-order valence-corrected chi connectivity index (χ4v) is 2.56. The van der Waals surface area contributed by atoms with Gasteiger partial charge in [0, 0.05) is 17.1 Å². The van der Waals surface area contributed by atoms with Crippen LogP contribution in [-0.2, 0) is 0 Å². The van der Waals surface area contributed by atoms with Crippen molar-refractivity contribution in [3.63, 3.8) is 0 Å². The molecule has 4 aromatic rings. The Labute approximate surface area is 133 Å². The minimum absolute atomic E-state index is 0.156. The molecule has 0 amide bonds. The summed E-state index contributed by atoms with van der Waals surface area (Å²) in [7, 11) is 0. The van der Waals surface area contributed by atoms with Crippen molar-refractivity contribution in [3.8, 4) is 22.5 Å². The number of H-pyrrole nitrogens is 4. The average molecular weight is 321 g/mol. The average Bonchev–Trinajstić information content (AvgIpc) is 2.99. The van der Waals surface area contributed by atoms with Crippen LogP contribution < -0.4 is 16.8 Å². The van der Waals surface area contributed by atoms with E-state index in [9.17, 15) is 14.4 Å². The van der Waals surface area contributed by atoms with E-state index in [2.05, 4.69) is 25.1 Å². The predicted molar refractivity (Wildman–Crippen MR) is 88.8 cm³/mol. The summed E-state index contributed by atoms with van der Waals surface area (Å²) in [4.78, 5) is 42.8. The van der Waals surface area contributed by atoms with Crippen LogP contribution in [0.1, 0.15) is 0 Å². The smallest absolute Gasteiger partial charge is 0.325 e. The number of aromatic amines is 4. The SMILES string of the molecule is O=c1[nH]cc(-c2cc(-c3cc4ccccc4[nH]3)c(=O)[nH]n2)c(=O)[nH]1. The minimum atomic E-state index is -0.607. The van der Waals surface area contributed by atoms with Gasteiger partial charge in [-0.25, -0.2) is 9.89 Å². The van der Waals surface area contributed by atoms with Crippen molar-refractivity contribution in [2.75, 3.05) is 0 Å². The van der Waals surface area contributed by atoms with Crippen molar-refractivity contribution in [1.82, 2.24) is 25.1 Å². The molecule has 8 heteroatoms. The molecule has 0 unspecified atom stereocenters. The number of fused-ring (bicyclic) bond motifs is 1. The van der Waals surface area contributed by atoms with E-state index < -0.39 is 11.2 Å². The zero-order valence-corrected chi connectivity index (χ0v) is 12.2.